The number of rotatable bonds is 4. The van der Waals surface area contributed by atoms with Crippen LogP contribution in [-0.4, -0.2) is 39.3 Å². The Bertz CT molecular complexity index is 1110. The molecule has 0 unspecified atom stereocenters. The van der Waals surface area contributed by atoms with Crippen LogP contribution in [0.2, 0.25) is 5.02 Å². The van der Waals surface area contributed by atoms with Crippen LogP contribution in [0.4, 0.5) is 4.79 Å². The van der Waals surface area contributed by atoms with Crippen molar-refractivity contribution in [2.45, 2.75) is 38.3 Å². The molecule has 2 aromatic carbocycles. The number of aromatic amines is 1. The molecule has 6 heteroatoms. The Morgan fingerprint density at radius 1 is 1.10 bits per heavy atom. The first-order chi connectivity index (χ1) is 14.1. The second-order valence-electron chi connectivity index (χ2n) is 7.77. The Labute approximate surface area is 174 Å². The summed E-state index contributed by atoms with van der Waals surface area (Å²) in [6, 6.07) is 14.7. The second kappa shape index (κ2) is 6.92. The normalized spacial score (nSPS) is 21.0. The van der Waals surface area contributed by atoms with E-state index < -0.39 is 6.04 Å². The number of nitrogens with zero attached hydrogens (tertiary/aromatic N) is 2. The summed E-state index contributed by atoms with van der Waals surface area (Å²) in [4.78, 5) is 33.2. The van der Waals surface area contributed by atoms with Crippen LogP contribution >= 0.6 is 11.6 Å². The number of unbranched alkanes of at least 4 members (excludes halogenated alkanes) is 1. The van der Waals surface area contributed by atoms with E-state index in [1.165, 1.54) is 4.90 Å². The first-order valence-electron chi connectivity index (χ1n) is 10.1. The van der Waals surface area contributed by atoms with Crippen molar-refractivity contribution in [1.29, 1.82) is 0 Å². The quantitative estimate of drug-likeness (QED) is 0.625. The summed E-state index contributed by atoms with van der Waals surface area (Å²) in [6.07, 6.45) is 2.29. The van der Waals surface area contributed by atoms with Gasteiger partial charge in [0.2, 0.25) is 0 Å². The number of amides is 3. The summed E-state index contributed by atoms with van der Waals surface area (Å²) in [6.45, 7) is 2.54. The molecule has 5 nitrogen and oxygen atoms in total. The van der Waals surface area contributed by atoms with Gasteiger partial charge in [-0.1, -0.05) is 55.3 Å². The number of hydrogen-bond donors (Lipinski definition) is 1. The van der Waals surface area contributed by atoms with Gasteiger partial charge in [-0.3, -0.25) is 14.6 Å². The molecule has 1 saturated heterocycles. The number of urea groups is 1. The monoisotopic (exact) mass is 407 g/mol. The van der Waals surface area contributed by atoms with Crippen LogP contribution in [0.25, 0.3) is 10.9 Å². The van der Waals surface area contributed by atoms with E-state index in [2.05, 4.69) is 18.0 Å². The molecule has 2 atom stereocenters. The van der Waals surface area contributed by atoms with Gasteiger partial charge in [0.1, 0.15) is 12.1 Å². The number of nitrogens with one attached hydrogen (secondary N) is 1. The lowest BCUT2D eigenvalue weighted by Crippen LogP contribution is -2.44. The number of benzene rings is 2. The van der Waals surface area contributed by atoms with Gasteiger partial charge in [0.05, 0.1) is 0 Å². The Hall–Kier alpha value is -2.79. The Kier molecular flexibility index (Phi) is 4.36. The molecule has 29 heavy (non-hydrogen) atoms. The Balaban J connectivity index is 1.68. The highest BCUT2D eigenvalue weighted by atomic mass is 35.5. The summed E-state index contributed by atoms with van der Waals surface area (Å²) >= 11 is 6.11. The lowest BCUT2D eigenvalue weighted by molar-refractivity contribution is -0.128. The van der Waals surface area contributed by atoms with Gasteiger partial charge in [0.25, 0.3) is 5.91 Å². The number of aromatic nitrogens is 1. The summed E-state index contributed by atoms with van der Waals surface area (Å²) in [5.74, 6) is -0.0849. The van der Waals surface area contributed by atoms with Crippen molar-refractivity contribution in [2.24, 2.45) is 0 Å². The molecule has 148 valence electrons. The molecule has 2 aliphatic heterocycles. The minimum atomic E-state index is -0.466. The zero-order valence-electron chi connectivity index (χ0n) is 16.2. The van der Waals surface area contributed by atoms with E-state index >= 15 is 0 Å². The van der Waals surface area contributed by atoms with E-state index in [-0.39, 0.29) is 18.0 Å². The molecule has 1 aromatic heterocycles. The van der Waals surface area contributed by atoms with Gasteiger partial charge in [0, 0.05) is 34.6 Å². The number of imide groups is 1. The number of para-hydroxylation sites is 1. The average molecular weight is 408 g/mol. The summed E-state index contributed by atoms with van der Waals surface area (Å²) in [5, 5.41) is 1.76. The highest BCUT2D eigenvalue weighted by Crippen LogP contribution is 2.44. The van der Waals surface area contributed by atoms with E-state index in [4.69, 9.17) is 11.6 Å². The fourth-order valence-electron chi connectivity index (χ4n) is 4.64. The van der Waals surface area contributed by atoms with Gasteiger partial charge in [0.15, 0.2) is 0 Å². The molecule has 3 heterocycles. The van der Waals surface area contributed by atoms with E-state index in [0.717, 1.165) is 40.6 Å². The van der Waals surface area contributed by atoms with Crippen molar-refractivity contribution in [3.63, 3.8) is 0 Å². The number of fused-ring (bicyclic) bond motifs is 4. The molecular formula is C23H22ClN3O2. The summed E-state index contributed by atoms with van der Waals surface area (Å²) < 4.78 is 0. The SMILES string of the molecule is CCCCN1C(=O)[C@H]2Cc3c([nH]c4ccccc34)[C@@H](c3ccc(Cl)cc3)N2C1=O. The molecule has 0 spiro atoms. The van der Waals surface area contributed by atoms with Crippen molar-refractivity contribution >= 4 is 34.4 Å². The van der Waals surface area contributed by atoms with Crippen molar-refractivity contribution in [1.82, 2.24) is 14.8 Å². The predicted molar refractivity (Wildman–Crippen MR) is 113 cm³/mol. The minimum absolute atomic E-state index is 0.0849. The lowest BCUT2D eigenvalue weighted by Gasteiger charge is -2.36. The zero-order valence-corrected chi connectivity index (χ0v) is 16.9. The van der Waals surface area contributed by atoms with E-state index in [1.807, 2.05) is 42.5 Å². The van der Waals surface area contributed by atoms with Crippen LogP contribution < -0.4 is 0 Å². The average Bonchev–Trinajstić information content (AvgIpc) is 3.21. The van der Waals surface area contributed by atoms with Crippen LogP contribution in [0.1, 0.15) is 42.6 Å². The van der Waals surface area contributed by atoms with Gasteiger partial charge < -0.3 is 4.98 Å². The van der Waals surface area contributed by atoms with Crippen molar-refractivity contribution in [2.75, 3.05) is 6.54 Å². The fourth-order valence-corrected chi connectivity index (χ4v) is 4.77. The maximum Gasteiger partial charge on any atom is 0.328 e. The van der Waals surface area contributed by atoms with Crippen molar-refractivity contribution in [3.8, 4) is 0 Å². The Morgan fingerprint density at radius 3 is 2.62 bits per heavy atom. The standard InChI is InChI=1S/C23H22ClN3O2/c1-2-3-12-26-22(28)19-13-17-16-6-4-5-7-18(16)25-20(17)21(27(19)23(26)29)14-8-10-15(24)11-9-14/h4-11,19,21,25H,2-3,12-13H2,1H3/t19-,21-/m1/s1. The highest BCUT2D eigenvalue weighted by Gasteiger charge is 2.52. The largest absolute Gasteiger partial charge is 0.356 e. The molecule has 3 amide bonds. The maximum atomic E-state index is 13.3. The number of H-pyrrole nitrogens is 1. The van der Waals surface area contributed by atoms with Gasteiger partial charge in [-0.15, -0.1) is 0 Å². The predicted octanol–water partition coefficient (Wildman–Crippen LogP) is 4.90. The number of hydrogen-bond acceptors (Lipinski definition) is 2. The molecule has 0 radical (unpaired) electrons. The number of halogens is 1. The molecular weight excluding hydrogens is 386 g/mol. The third-order valence-corrected chi connectivity index (χ3v) is 6.31. The fraction of sp³-hybridized carbons (Fsp3) is 0.304. The summed E-state index contributed by atoms with van der Waals surface area (Å²) in [7, 11) is 0. The number of carbonyl (C=O) groups excluding carboxylic acids is 2. The summed E-state index contributed by atoms with van der Waals surface area (Å²) in [5.41, 5.74) is 4.09. The molecule has 5 rings (SSSR count). The van der Waals surface area contributed by atoms with E-state index in [0.29, 0.717) is 18.0 Å². The number of carbonyl (C=O) groups is 2. The third kappa shape index (κ3) is 2.76. The van der Waals surface area contributed by atoms with Crippen molar-refractivity contribution in [3.05, 3.63) is 70.4 Å². The lowest BCUT2D eigenvalue weighted by atomic mass is 9.89. The molecule has 1 N–H and O–H groups in total. The highest BCUT2D eigenvalue weighted by molar-refractivity contribution is 6.30. The topological polar surface area (TPSA) is 56.4 Å². The molecule has 0 bridgehead atoms. The third-order valence-electron chi connectivity index (χ3n) is 6.06. The van der Waals surface area contributed by atoms with Gasteiger partial charge in [-0.2, -0.15) is 0 Å². The zero-order chi connectivity index (χ0) is 20.1. The molecule has 2 aliphatic rings. The smallest absolute Gasteiger partial charge is 0.328 e. The van der Waals surface area contributed by atoms with Crippen LogP contribution in [0, 0.1) is 0 Å². The van der Waals surface area contributed by atoms with Gasteiger partial charge in [-0.25, -0.2) is 4.79 Å². The molecule has 0 saturated carbocycles. The van der Waals surface area contributed by atoms with Gasteiger partial charge >= 0.3 is 6.03 Å². The van der Waals surface area contributed by atoms with Crippen LogP contribution in [0.5, 0.6) is 0 Å². The van der Waals surface area contributed by atoms with Gasteiger partial charge in [-0.05, 0) is 35.7 Å². The Morgan fingerprint density at radius 2 is 1.86 bits per heavy atom. The minimum Gasteiger partial charge on any atom is -0.356 e. The van der Waals surface area contributed by atoms with Crippen LogP contribution in [0.15, 0.2) is 48.5 Å². The van der Waals surface area contributed by atoms with Crippen LogP contribution in [-0.2, 0) is 11.2 Å². The molecule has 3 aromatic rings. The second-order valence-corrected chi connectivity index (χ2v) is 8.21. The molecule has 1 fully saturated rings. The maximum absolute atomic E-state index is 13.3. The first kappa shape index (κ1) is 18.3. The van der Waals surface area contributed by atoms with Crippen molar-refractivity contribution < 1.29 is 9.59 Å². The first-order valence-corrected chi connectivity index (χ1v) is 10.5. The van der Waals surface area contributed by atoms with Crippen LogP contribution in [0.3, 0.4) is 0 Å². The molecule has 0 aliphatic carbocycles. The van der Waals surface area contributed by atoms with E-state index in [1.54, 1.807) is 4.90 Å². The van der Waals surface area contributed by atoms with E-state index in [9.17, 15) is 9.59 Å².